The highest BCUT2D eigenvalue weighted by atomic mass is 15.1. The predicted molar refractivity (Wildman–Crippen MR) is 42.5 cm³/mol. The van der Waals surface area contributed by atoms with Gasteiger partial charge in [0.1, 0.15) is 0 Å². The van der Waals surface area contributed by atoms with Crippen molar-refractivity contribution in [2.45, 2.75) is 6.92 Å². The van der Waals surface area contributed by atoms with Crippen LogP contribution in [0.1, 0.15) is 6.92 Å². The number of allylic oxidation sites excluding steroid dienone is 1. The lowest BCUT2D eigenvalue weighted by Crippen LogP contribution is -2.17. The molecule has 0 atom stereocenters. The van der Waals surface area contributed by atoms with Crippen LogP contribution in [0.15, 0.2) is 24.8 Å². The van der Waals surface area contributed by atoms with Crippen LogP contribution in [0.3, 0.4) is 0 Å². The van der Waals surface area contributed by atoms with Gasteiger partial charge in [-0.3, -0.25) is 4.90 Å². The molecular weight excluding hydrogens is 110 g/mol. The topological polar surface area (TPSA) is 3.24 Å². The van der Waals surface area contributed by atoms with Crippen LogP contribution in [0, 0.1) is 0 Å². The summed E-state index contributed by atoms with van der Waals surface area (Å²) in [6, 6.07) is 0. The summed E-state index contributed by atoms with van der Waals surface area (Å²) in [4.78, 5) is 2.19. The van der Waals surface area contributed by atoms with E-state index in [2.05, 4.69) is 30.7 Å². The van der Waals surface area contributed by atoms with E-state index in [0.717, 1.165) is 13.1 Å². The minimum absolute atomic E-state index is 0.963. The minimum Gasteiger partial charge on any atom is -0.299 e. The summed E-state index contributed by atoms with van der Waals surface area (Å²) >= 11 is 0. The van der Waals surface area contributed by atoms with Gasteiger partial charge in [-0.15, -0.1) is 6.58 Å². The molecule has 1 heteroatoms. The smallest absolute Gasteiger partial charge is 0.0163 e. The molecular formula is C8H15N. The molecule has 0 aromatic rings. The van der Waals surface area contributed by atoms with E-state index in [1.54, 1.807) is 0 Å². The molecule has 0 bridgehead atoms. The molecule has 0 saturated carbocycles. The summed E-state index contributed by atoms with van der Waals surface area (Å²) in [5.41, 5.74) is 0. The van der Waals surface area contributed by atoms with Crippen LogP contribution in [0.5, 0.6) is 0 Å². The van der Waals surface area contributed by atoms with Gasteiger partial charge in [-0.2, -0.15) is 0 Å². The van der Waals surface area contributed by atoms with Crippen molar-refractivity contribution in [1.82, 2.24) is 4.90 Å². The van der Waals surface area contributed by atoms with Gasteiger partial charge in [0.05, 0.1) is 0 Å². The van der Waals surface area contributed by atoms with Gasteiger partial charge < -0.3 is 0 Å². The highest BCUT2D eigenvalue weighted by Crippen LogP contribution is 1.82. The first kappa shape index (κ1) is 8.44. The lowest BCUT2D eigenvalue weighted by molar-refractivity contribution is 0.413. The third-order valence-corrected chi connectivity index (χ3v) is 1.09. The third kappa shape index (κ3) is 5.31. The largest absolute Gasteiger partial charge is 0.299 e. The zero-order chi connectivity index (χ0) is 7.11. The summed E-state index contributed by atoms with van der Waals surface area (Å²) < 4.78 is 0. The van der Waals surface area contributed by atoms with E-state index in [0.29, 0.717) is 0 Å². The normalized spacial score (nSPS) is 11.0. The summed E-state index contributed by atoms with van der Waals surface area (Å²) in [7, 11) is 2.07. The second kappa shape index (κ2) is 5.57. The zero-order valence-electron chi connectivity index (χ0n) is 6.30. The van der Waals surface area contributed by atoms with Crippen molar-refractivity contribution in [3.05, 3.63) is 24.8 Å². The maximum atomic E-state index is 3.64. The van der Waals surface area contributed by atoms with E-state index in [4.69, 9.17) is 0 Å². The standard InChI is InChI=1S/C8H15N/c1-4-6-8-9(3)7-5-2/h4-6H,2,7-8H2,1,3H3/b6-4+. The Kier molecular flexibility index (Phi) is 5.23. The second-order valence-corrected chi connectivity index (χ2v) is 2.08. The fraction of sp³-hybridized carbons (Fsp3) is 0.500. The van der Waals surface area contributed by atoms with Crippen molar-refractivity contribution < 1.29 is 0 Å². The quantitative estimate of drug-likeness (QED) is 0.517. The first-order valence-electron chi connectivity index (χ1n) is 3.22. The van der Waals surface area contributed by atoms with E-state index in [9.17, 15) is 0 Å². The molecule has 0 aliphatic rings. The Balaban J connectivity index is 3.25. The molecule has 0 N–H and O–H groups in total. The molecule has 0 radical (unpaired) electrons. The Bertz CT molecular complexity index is 94.7. The molecule has 0 aliphatic heterocycles. The van der Waals surface area contributed by atoms with Crippen LogP contribution in [0.4, 0.5) is 0 Å². The first-order chi connectivity index (χ1) is 4.31. The Morgan fingerprint density at radius 1 is 1.44 bits per heavy atom. The molecule has 0 spiro atoms. The molecule has 0 rings (SSSR count). The predicted octanol–water partition coefficient (Wildman–Crippen LogP) is 1.68. The van der Waals surface area contributed by atoms with Gasteiger partial charge in [0, 0.05) is 13.1 Å². The van der Waals surface area contributed by atoms with Gasteiger partial charge in [0.15, 0.2) is 0 Å². The molecule has 0 aromatic heterocycles. The number of nitrogens with zero attached hydrogens (tertiary/aromatic N) is 1. The van der Waals surface area contributed by atoms with Crippen LogP contribution in [-0.4, -0.2) is 25.0 Å². The fourth-order valence-corrected chi connectivity index (χ4v) is 0.580. The van der Waals surface area contributed by atoms with Gasteiger partial charge in [-0.1, -0.05) is 18.2 Å². The Morgan fingerprint density at radius 2 is 2.11 bits per heavy atom. The van der Waals surface area contributed by atoms with Crippen molar-refractivity contribution in [3.8, 4) is 0 Å². The zero-order valence-corrected chi connectivity index (χ0v) is 6.30. The summed E-state index contributed by atoms with van der Waals surface area (Å²) in [5.74, 6) is 0. The monoisotopic (exact) mass is 125 g/mol. The molecule has 9 heavy (non-hydrogen) atoms. The highest BCUT2D eigenvalue weighted by molar-refractivity contribution is 4.82. The van der Waals surface area contributed by atoms with Crippen molar-refractivity contribution in [2.75, 3.05) is 20.1 Å². The number of hydrogen-bond acceptors (Lipinski definition) is 1. The van der Waals surface area contributed by atoms with Gasteiger partial charge in [-0.25, -0.2) is 0 Å². The molecule has 0 fully saturated rings. The molecule has 0 aromatic carbocycles. The van der Waals surface area contributed by atoms with Gasteiger partial charge in [0.25, 0.3) is 0 Å². The fourth-order valence-electron chi connectivity index (χ4n) is 0.580. The average molecular weight is 125 g/mol. The lowest BCUT2D eigenvalue weighted by atomic mass is 10.4. The molecule has 0 aliphatic carbocycles. The van der Waals surface area contributed by atoms with E-state index in [1.165, 1.54) is 0 Å². The Hall–Kier alpha value is -0.560. The van der Waals surface area contributed by atoms with Crippen LogP contribution in [0.25, 0.3) is 0 Å². The van der Waals surface area contributed by atoms with E-state index >= 15 is 0 Å². The number of hydrogen-bond donors (Lipinski definition) is 0. The van der Waals surface area contributed by atoms with Crippen molar-refractivity contribution in [3.63, 3.8) is 0 Å². The molecule has 52 valence electrons. The lowest BCUT2D eigenvalue weighted by Gasteiger charge is -2.09. The van der Waals surface area contributed by atoms with Crippen molar-refractivity contribution in [1.29, 1.82) is 0 Å². The Labute approximate surface area is 57.7 Å². The first-order valence-corrected chi connectivity index (χ1v) is 3.22. The van der Waals surface area contributed by atoms with Crippen LogP contribution in [0.2, 0.25) is 0 Å². The van der Waals surface area contributed by atoms with E-state index < -0.39 is 0 Å². The third-order valence-electron chi connectivity index (χ3n) is 1.09. The summed E-state index contributed by atoms with van der Waals surface area (Å²) in [6.07, 6.45) is 6.09. The van der Waals surface area contributed by atoms with Gasteiger partial charge >= 0.3 is 0 Å². The summed E-state index contributed by atoms with van der Waals surface area (Å²) in [6.45, 7) is 7.65. The van der Waals surface area contributed by atoms with Crippen molar-refractivity contribution in [2.24, 2.45) is 0 Å². The number of rotatable bonds is 4. The van der Waals surface area contributed by atoms with Gasteiger partial charge in [0.2, 0.25) is 0 Å². The Morgan fingerprint density at radius 3 is 2.56 bits per heavy atom. The molecule has 0 heterocycles. The molecule has 0 unspecified atom stereocenters. The minimum atomic E-state index is 0.963. The SMILES string of the molecule is C=CCN(C)C/C=C/C. The average Bonchev–Trinajstić information content (AvgIpc) is 1.85. The number of likely N-dealkylation sites (N-methyl/N-ethyl adjacent to an activating group) is 1. The maximum Gasteiger partial charge on any atom is 0.0163 e. The van der Waals surface area contributed by atoms with Crippen molar-refractivity contribution >= 4 is 0 Å². The van der Waals surface area contributed by atoms with E-state index in [1.807, 2.05) is 13.0 Å². The summed E-state index contributed by atoms with van der Waals surface area (Å²) in [5, 5.41) is 0. The molecule has 0 amide bonds. The maximum absolute atomic E-state index is 3.64. The van der Waals surface area contributed by atoms with Crippen LogP contribution < -0.4 is 0 Å². The van der Waals surface area contributed by atoms with E-state index in [-0.39, 0.29) is 0 Å². The van der Waals surface area contributed by atoms with Crippen LogP contribution in [-0.2, 0) is 0 Å². The highest BCUT2D eigenvalue weighted by Gasteiger charge is 1.86. The second-order valence-electron chi connectivity index (χ2n) is 2.08. The van der Waals surface area contributed by atoms with Crippen LogP contribution >= 0.6 is 0 Å². The van der Waals surface area contributed by atoms with Gasteiger partial charge in [-0.05, 0) is 14.0 Å². The molecule has 1 nitrogen and oxygen atoms in total. The molecule has 0 saturated heterocycles.